The minimum atomic E-state index is -0.545. The molecule has 1 saturated heterocycles. The number of carbonyl (C=O) groups is 2. The van der Waals surface area contributed by atoms with Gasteiger partial charge in [0, 0.05) is 43.1 Å². The fourth-order valence-corrected chi connectivity index (χ4v) is 4.68. The highest BCUT2D eigenvalue weighted by molar-refractivity contribution is 6.07. The summed E-state index contributed by atoms with van der Waals surface area (Å²) in [6.45, 7) is 2.92. The van der Waals surface area contributed by atoms with Crippen molar-refractivity contribution in [1.29, 1.82) is 0 Å². The van der Waals surface area contributed by atoms with E-state index >= 15 is 0 Å². The topological polar surface area (TPSA) is 129 Å². The Bertz CT molecular complexity index is 1590. The van der Waals surface area contributed by atoms with Crippen LogP contribution in [0.2, 0.25) is 0 Å². The molecule has 2 aromatic carbocycles. The van der Waals surface area contributed by atoms with Gasteiger partial charge in [-0.1, -0.05) is 25.1 Å². The van der Waals surface area contributed by atoms with Gasteiger partial charge in [-0.3, -0.25) is 14.6 Å². The number of carbonyl (C=O) groups excluding carboxylic acids is 2. The van der Waals surface area contributed by atoms with E-state index in [1.54, 1.807) is 47.3 Å². The summed E-state index contributed by atoms with van der Waals surface area (Å²) < 4.78 is 7.76. The van der Waals surface area contributed by atoms with Crippen LogP contribution < -0.4 is 26.0 Å². The molecule has 4 aromatic rings. The van der Waals surface area contributed by atoms with Crippen LogP contribution >= 0.6 is 0 Å². The fraction of sp³-hybridized carbons (Fsp3) is 0.222. The van der Waals surface area contributed by atoms with Crippen LogP contribution in [-0.2, 0) is 13.5 Å². The standard InChI is InChI=1S/C27H27N7O4/c1-4-21-22(17-8-10-19(11-9-17)34-26(36)31(2)25(30-34)38-3)12-13-29-24(21)33-15-14-32(27(33)37)20-7-5-6-18(16-20)23(28)35/h5-13,16H,4,14-15H2,1-3H3,(H2,28,35). The molecule has 194 valence electrons. The predicted octanol–water partition coefficient (Wildman–Crippen LogP) is 2.75. The highest BCUT2D eigenvalue weighted by atomic mass is 16.5. The maximum Gasteiger partial charge on any atom is 0.353 e. The zero-order valence-corrected chi connectivity index (χ0v) is 21.3. The number of methoxy groups -OCH3 is 1. The molecule has 0 unspecified atom stereocenters. The Morgan fingerprint density at radius 3 is 2.42 bits per heavy atom. The Balaban J connectivity index is 1.46. The van der Waals surface area contributed by atoms with Crippen LogP contribution in [0.5, 0.6) is 6.01 Å². The lowest BCUT2D eigenvalue weighted by molar-refractivity contribution is 0.1000. The van der Waals surface area contributed by atoms with Crippen molar-refractivity contribution in [3.63, 3.8) is 0 Å². The fourth-order valence-electron chi connectivity index (χ4n) is 4.68. The van der Waals surface area contributed by atoms with Gasteiger partial charge in [-0.05, 0) is 53.9 Å². The third-order valence-corrected chi connectivity index (χ3v) is 6.64. The molecule has 5 rings (SSSR count). The minimum absolute atomic E-state index is 0.218. The van der Waals surface area contributed by atoms with Crippen LogP contribution in [0, 0.1) is 0 Å². The largest absolute Gasteiger partial charge is 0.467 e. The van der Waals surface area contributed by atoms with Crippen LogP contribution in [0.4, 0.5) is 16.3 Å². The van der Waals surface area contributed by atoms with E-state index in [4.69, 9.17) is 10.5 Å². The highest BCUT2D eigenvalue weighted by Crippen LogP contribution is 2.33. The van der Waals surface area contributed by atoms with Crippen molar-refractivity contribution in [3.8, 4) is 22.8 Å². The molecule has 11 heteroatoms. The third-order valence-electron chi connectivity index (χ3n) is 6.64. The SMILES string of the molecule is CCc1c(-c2ccc(-n3nc(OC)n(C)c3=O)cc2)ccnc1N1CCN(c2cccc(C(N)=O)c2)C1=O. The lowest BCUT2D eigenvalue weighted by Gasteiger charge is -2.22. The van der Waals surface area contributed by atoms with E-state index in [-0.39, 0.29) is 17.7 Å². The Morgan fingerprint density at radius 1 is 1.03 bits per heavy atom. The number of benzene rings is 2. The zero-order chi connectivity index (χ0) is 27.0. The molecule has 2 N–H and O–H groups in total. The van der Waals surface area contributed by atoms with E-state index in [9.17, 15) is 14.4 Å². The van der Waals surface area contributed by atoms with Crippen molar-refractivity contribution < 1.29 is 14.3 Å². The number of aromatic nitrogens is 4. The number of hydrogen-bond acceptors (Lipinski definition) is 6. The molecule has 0 bridgehead atoms. The zero-order valence-electron chi connectivity index (χ0n) is 21.3. The molecule has 11 nitrogen and oxygen atoms in total. The molecule has 38 heavy (non-hydrogen) atoms. The Hall–Kier alpha value is -4.93. The van der Waals surface area contributed by atoms with Gasteiger partial charge in [-0.25, -0.2) is 19.1 Å². The number of pyridine rings is 1. The monoisotopic (exact) mass is 513 g/mol. The Labute approximate surface area is 218 Å². The van der Waals surface area contributed by atoms with Gasteiger partial charge in [-0.15, -0.1) is 5.10 Å². The molecule has 0 saturated carbocycles. The second-order valence-electron chi connectivity index (χ2n) is 8.80. The molecule has 0 aliphatic carbocycles. The maximum absolute atomic E-state index is 13.4. The van der Waals surface area contributed by atoms with Crippen LogP contribution in [0.15, 0.2) is 65.6 Å². The summed E-state index contributed by atoms with van der Waals surface area (Å²) in [5.74, 6) is 0.0504. The van der Waals surface area contributed by atoms with Gasteiger partial charge >= 0.3 is 17.7 Å². The van der Waals surface area contributed by atoms with Crippen LogP contribution in [0.1, 0.15) is 22.8 Å². The summed E-state index contributed by atoms with van der Waals surface area (Å²) >= 11 is 0. The van der Waals surface area contributed by atoms with Crippen molar-refractivity contribution in [2.75, 3.05) is 30.0 Å². The number of hydrogen-bond donors (Lipinski definition) is 1. The summed E-state index contributed by atoms with van der Waals surface area (Å²) in [5.41, 5.74) is 9.46. The van der Waals surface area contributed by atoms with Crippen molar-refractivity contribution in [1.82, 2.24) is 19.3 Å². The summed E-state index contributed by atoms with van der Waals surface area (Å²) in [4.78, 5) is 45.4. The van der Waals surface area contributed by atoms with E-state index in [2.05, 4.69) is 10.1 Å². The minimum Gasteiger partial charge on any atom is -0.467 e. The number of nitrogens with zero attached hydrogens (tertiary/aromatic N) is 6. The lowest BCUT2D eigenvalue weighted by atomic mass is 9.98. The normalized spacial score (nSPS) is 13.3. The van der Waals surface area contributed by atoms with Gasteiger partial charge < -0.3 is 10.5 Å². The summed E-state index contributed by atoms with van der Waals surface area (Å²) in [6.07, 6.45) is 2.34. The number of amides is 3. The summed E-state index contributed by atoms with van der Waals surface area (Å²) in [7, 11) is 3.06. The quantitative estimate of drug-likeness (QED) is 0.405. The van der Waals surface area contributed by atoms with Gasteiger partial charge in [0.25, 0.3) is 0 Å². The maximum atomic E-state index is 13.4. The van der Waals surface area contributed by atoms with Crippen molar-refractivity contribution >= 4 is 23.4 Å². The first kappa shape index (κ1) is 24.8. The van der Waals surface area contributed by atoms with Gasteiger partial charge in [0.1, 0.15) is 5.82 Å². The summed E-state index contributed by atoms with van der Waals surface area (Å²) in [6, 6.07) is 16.1. The predicted molar refractivity (Wildman–Crippen MR) is 143 cm³/mol. The first-order valence-electron chi connectivity index (χ1n) is 12.1. The molecule has 1 fully saturated rings. The third kappa shape index (κ3) is 4.17. The van der Waals surface area contributed by atoms with Crippen molar-refractivity contribution in [2.24, 2.45) is 12.8 Å². The molecule has 3 amide bonds. The van der Waals surface area contributed by atoms with E-state index in [0.717, 1.165) is 16.7 Å². The molecule has 0 radical (unpaired) electrons. The molecule has 0 spiro atoms. The van der Waals surface area contributed by atoms with Crippen molar-refractivity contribution in [2.45, 2.75) is 13.3 Å². The number of rotatable bonds is 7. The first-order valence-corrected chi connectivity index (χ1v) is 12.1. The molecule has 1 aliphatic rings. The number of nitrogens with two attached hydrogens (primary N) is 1. The van der Waals surface area contributed by atoms with Crippen LogP contribution in [-0.4, -0.2) is 51.5 Å². The second-order valence-corrected chi connectivity index (χ2v) is 8.80. The number of ether oxygens (including phenoxy) is 1. The van der Waals surface area contributed by atoms with E-state index < -0.39 is 5.91 Å². The molecule has 3 heterocycles. The van der Waals surface area contributed by atoms with E-state index in [1.807, 2.05) is 37.3 Å². The number of primary amides is 1. The molecule has 2 aromatic heterocycles. The van der Waals surface area contributed by atoms with Crippen molar-refractivity contribution in [3.05, 3.63) is 82.4 Å². The lowest BCUT2D eigenvalue weighted by Crippen LogP contribution is -2.33. The molecular weight excluding hydrogens is 486 g/mol. The van der Waals surface area contributed by atoms with Gasteiger partial charge in [0.15, 0.2) is 0 Å². The highest BCUT2D eigenvalue weighted by Gasteiger charge is 2.33. The smallest absolute Gasteiger partial charge is 0.353 e. The Kier molecular flexibility index (Phi) is 6.41. The van der Waals surface area contributed by atoms with E-state index in [1.165, 1.54) is 16.4 Å². The number of urea groups is 1. The first-order chi connectivity index (χ1) is 18.3. The average Bonchev–Trinajstić information content (AvgIpc) is 3.47. The van der Waals surface area contributed by atoms with Gasteiger partial charge in [0.05, 0.1) is 12.8 Å². The van der Waals surface area contributed by atoms with Gasteiger partial charge in [0.2, 0.25) is 5.91 Å². The molecular formula is C27H27N7O4. The second kappa shape index (κ2) is 9.85. The molecule has 1 aliphatic heterocycles. The Morgan fingerprint density at radius 2 is 1.76 bits per heavy atom. The number of anilines is 2. The van der Waals surface area contributed by atoms with E-state index in [0.29, 0.717) is 42.3 Å². The molecule has 0 atom stereocenters. The van der Waals surface area contributed by atoms with Gasteiger partial charge in [-0.2, -0.15) is 4.68 Å². The summed E-state index contributed by atoms with van der Waals surface area (Å²) in [5, 5.41) is 4.22. The van der Waals surface area contributed by atoms with Crippen LogP contribution in [0.25, 0.3) is 16.8 Å². The van der Waals surface area contributed by atoms with Crippen LogP contribution in [0.3, 0.4) is 0 Å². The average molecular weight is 514 g/mol.